The van der Waals surface area contributed by atoms with Crippen LogP contribution in [-0.4, -0.2) is 43.6 Å². The van der Waals surface area contributed by atoms with Gasteiger partial charge in [0.1, 0.15) is 5.75 Å². The average molecular weight is 394 g/mol. The molecule has 1 amide bonds. The Bertz CT molecular complexity index is 659. The number of nitrogens with one attached hydrogen (secondary N) is 1. The van der Waals surface area contributed by atoms with Gasteiger partial charge in [-0.1, -0.05) is 31.4 Å². The highest BCUT2D eigenvalue weighted by atomic mass is 35.5. The molecule has 2 aliphatic rings. The third-order valence-electron chi connectivity index (χ3n) is 6.16. The van der Waals surface area contributed by atoms with Crippen LogP contribution >= 0.6 is 11.6 Å². The second-order valence-corrected chi connectivity index (χ2v) is 8.59. The van der Waals surface area contributed by atoms with Gasteiger partial charge in [0.2, 0.25) is 0 Å². The monoisotopic (exact) mass is 393 g/mol. The molecule has 1 saturated heterocycles. The lowest BCUT2D eigenvalue weighted by Crippen LogP contribution is -2.47. The summed E-state index contributed by atoms with van der Waals surface area (Å²) in [6.07, 6.45) is 7.19. The topological polar surface area (TPSA) is 67.6 Å². The summed E-state index contributed by atoms with van der Waals surface area (Å²) >= 11 is 6.13. The molecule has 5 nitrogen and oxygen atoms in total. The van der Waals surface area contributed by atoms with Gasteiger partial charge in [-0.2, -0.15) is 0 Å². The number of anilines is 1. The molecule has 150 valence electrons. The van der Waals surface area contributed by atoms with Crippen molar-refractivity contribution in [2.45, 2.75) is 51.5 Å². The molecule has 2 fully saturated rings. The van der Waals surface area contributed by atoms with E-state index in [0.717, 1.165) is 25.3 Å². The summed E-state index contributed by atoms with van der Waals surface area (Å²) in [5.41, 5.74) is 6.70. The average Bonchev–Trinajstić information content (AvgIpc) is 2.66. The summed E-state index contributed by atoms with van der Waals surface area (Å²) in [5.74, 6) is 1.68. The Labute approximate surface area is 167 Å². The number of carbonyl (C=O) groups is 1. The Morgan fingerprint density at radius 1 is 1.26 bits per heavy atom. The van der Waals surface area contributed by atoms with Crippen LogP contribution in [0.4, 0.5) is 5.69 Å². The number of methoxy groups -OCH3 is 1. The van der Waals surface area contributed by atoms with E-state index in [9.17, 15) is 4.79 Å². The molecule has 0 radical (unpaired) electrons. The molecular formula is C21H32ClN3O2. The van der Waals surface area contributed by atoms with E-state index in [0.29, 0.717) is 27.9 Å². The molecule has 1 aromatic carbocycles. The Hall–Kier alpha value is -1.46. The molecule has 27 heavy (non-hydrogen) atoms. The predicted molar refractivity (Wildman–Crippen MR) is 110 cm³/mol. The molecule has 0 aromatic heterocycles. The summed E-state index contributed by atoms with van der Waals surface area (Å²) < 4.78 is 5.34. The van der Waals surface area contributed by atoms with Gasteiger partial charge >= 0.3 is 0 Å². The Morgan fingerprint density at radius 2 is 1.96 bits per heavy atom. The predicted octanol–water partition coefficient (Wildman–Crippen LogP) is 3.95. The van der Waals surface area contributed by atoms with Crippen LogP contribution in [-0.2, 0) is 0 Å². The van der Waals surface area contributed by atoms with Gasteiger partial charge in [0.15, 0.2) is 0 Å². The van der Waals surface area contributed by atoms with E-state index < -0.39 is 0 Å². The molecule has 3 rings (SSSR count). The molecule has 1 aliphatic carbocycles. The van der Waals surface area contributed by atoms with E-state index in [1.54, 1.807) is 19.2 Å². The minimum Gasteiger partial charge on any atom is -0.496 e. The molecule has 1 saturated carbocycles. The lowest BCUT2D eigenvalue weighted by molar-refractivity contribution is 0.0865. The maximum Gasteiger partial charge on any atom is 0.255 e. The minimum atomic E-state index is -0.127. The van der Waals surface area contributed by atoms with Crippen LogP contribution < -0.4 is 15.8 Å². The highest BCUT2D eigenvalue weighted by Crippen LogP contribution is 2.31. The standard InChI is InChI=1S/C21H32ClN3O2/c1-14-7-9-25(10-8-14)13-15-5-3-4-6-19(15)24-21(26)16-11-17(22)18(23)12-20(16)27-2/h11-12,14-15,19H,3-10,13,23H2,1-2H3,(H,24,26)/t15-,19-/m0/s1. The van der Waals surface area contributed by atoms with E-state index in [2.05, 4.69) is 17.1 Å². The summed E-state index contributed by atoms with van der Waals surface area (Å²) in [6.45, 7) is 5.78. The number of piperidine rings is 1. The third-order valence-corrected chi connectivity index (χ3v) is 6.49. The van der Waals surface area contributed by atoms with Crippen LogP contribution in [0.1, 0.15) is 55.8 Å². The van der Waals surface area contributed by atoms with Crippen LogP contribution in [0, 0.1) is 11.8 Å². The highest BCUT2D eigenvalue weighted by molar-refractivity contribution is 6.33. The van der Waals surface area contributed by atoms with Gasteiger partial charge in [0, 0.05) is 18.7 Å². The van der Waals surface area contributed by atoms with E-state index in [1.165, 1.54) is 38.8 Å². The molecule has 6 heteroatoms. The van der Waals surface area contributed by atoms with E-state index >= 15 is 0 Å². The maximum atomic E-state index is 12.9. The van der Waals surface area contributed by atoms with Crippen molar-refractivity contribution in [3.8, 4) is 5.75 Å². The maximum absolute atomic E-state index is 12.9. The Balaban J connectivity index is 1.67. The lowest BCUT2D eigenvalue weighted by atomic mass is 9.83. The number of rotatable bonds is 5. The number of amides is 1. The summed E-state index contributed by atoms with van der Waals surface area (Å²) in [6, 6.07) is 3.42. The van der Waals surface area contributed by atoms with Crippen molar-refractivity contribution in [2.24, 2.45) is 11.8 Å². The number of hydrogen-bond donors (Lipinski definition) is 2. The largest absolute Gasteiger partial charge is 0.496 e. The van der Waals surface area contributed by atoms with Crippen LogP contribution in [0.25, 0.3) is 0 Å². The van der Waals surface area contributed by atoms with Crippen molar-refractivity contribution >= 4 is 23.2 Å². The van der Waals surface area contributed by atoms with Crippen LogP contribution in [0.3, 0.4) is 0 Å². The summed E-state index contributed by atoms with van der Waals surface area (Å²) in [7, 11) is 1.54. The molecule has 0 unspecified atom stereocenters. The van der Waals surface area contributed by atoms with Gasteiger partial charge in [-0.25, -0.2) is 0 Å². The molecule has 1 aromatic rings. The SMILES string of the molecule is COc1cc(N)c(Cl)cc1C(=O)N[C@H]1CCCC[C@H]1CN1CCC(C)CC1. The zero-order valence-electron chi connectivity index (χ0n) is 16.5. The van der Waals surface area contributed by atoms with Gasteiger partial charge in [-0.3, -0.25) is 4.79 Å². The molecule has 0 spiro atoms. The number of halogens is 1. The van der Waals surface area contributed by atoms with Crippen molar-refractivity contribution in [1.29, 1.82) is 0 Å². The smallest absolute Gasteiger partial charge is 0.255 e. The zero-order chi connectivity index (χ0) is 19.4. The first kappa shape index (κ1) is 20.3. The number of carbonyl (C=O) groups excluding carboxylic acids is 1. The van der Waals surface area contributed by atoms with Gasteiger partial charge in [0.05, 0.1) is 23.4 Å². The third kappa shape index (κ3) is 5.08. The second kappa shape index (κ2) is 9.16. The fraction of sp³-hybridized carbons (Fsp3) is 0.667. The van der Waals surface area contributed by atoms with E-state index in [4.69, 9.17) is 22.1 Å². The molecule has 1 aliphatic heterocycles. The van der Waals surface area contributed by atoms with Crippen molar-refractivity contribution in [3.05, 3.63) is 22.7 Å². The number of nitrogens with two attached hydrogens (primary N) is 1. The van der Waals surface area contributed by atoms with Crippen molar-refractivity contribution in [1.82, 2.24) is 10.2 Å². The normalized spacial score (nSPS) is 24.6. The molecule has 3 N–H and O–H groups in total. The quantitative estimate of drug-likeness (QED) is 0.743. The molecule has 1 heterocycles. The first-order chi connectivity index (χ1) is 13.0. The van der Waals surface area contributed by atoms with Crippen molar-refractivity contribution in [2.75, 3.05) is 32.5 Å². The molecule has 0 bridgehead atoms. The first-order valence-electron chi connectivity index (χ1n) is 10.1. The highest BCUT2D eigenvalue weighted by Gasteiger charge is 2.30. The first-order valence-corrected chi connectivity index (χ1v) is 10.5. The fourth-order valence-corrected chi connectivity index (χ4v) is 4.52. The molecular weight excluding hydrogens is 362 g/mol. The Kier molecular flexibility index (Phi) is 6.88. The number of nitrogen functional groups attached to an aromatic ring is 1. The number of ether oxygens (including phenoxy) is 1. The van der Waals surface area contributed by atoms with Gasteiger partial charge in [0.25, 0.3) is 5.91 Å². The minimum absolute atomic E-state index is 0.127. The number of hydrogen-bond acceptors (Lipinski definition) is 4. The number of nitrogens with zero attached hydrogens (tertiary/aromatic N) is 1. The van der Waals surface area contributed by atoms with E-state index in [-0.39, 0.29) is 11.9 Å². The zero-order valence-corrected chi connectivity index (χ0v) is 17.2. The lowest BCUT2D eigenvalue weighted by Gasteiger charge is -2.38. The van der Waals surface area contributed by atoms with E-state index in [1.807, 2.05) is 0 Å². The van der Waals surface area contributed by atoms with Crippen LogP contribution in [0.5, 0.6) is 5.75 Å². The molecule has 2 atom stereocenters. The van der Waals surface area contributed by atoms with Crippen molar-refractivity contribution < 1.29 is 9.53 Å². The van der Waals surface area contributed by atoms with Gasteiger partial charge in [-0.15, -0.1) is 0 Å². The van der Waals surface area contributed by atoms with Gasteiger partial charge in [-0.05, 0) is 56.7 Å². The number of benzene rings is 1. The summed E-state index contributed by atoms with van der Waals surface area (Å²) in [5, 5.41) is 3.64. The van der Waals surface area contributed by atoms with Crippen LogP contribution in [0.2, 0.25) is 5.02 Å². The fourth-order valence-electron chi connectivity index (χ4n) is 4.35. The summed E-state index contributed by atoms with van der Waals surface area (Å²) in [4.78, 5) is 15.5. The Morgan fingerprint density at radius 3 is 2.67 bits per heavy atom. The van der Waals surface area contributed by atoms with Crippen LogP contribution in [0.15, 0.2) is 12.1 Å². The second-order valence-electron chi connectivity index (χ2n) is 8.18. The van der Waals surface area contributed by atoms with Gasteiger partial charge < -0.3 is 20.7 Å². The number of likely N-dealkylation sites (tertiary alicyclic amines) is 1. The van der Waals surface area contributed by atoms with Crippen molar-refractivity contribution in [3.63, 3.8) is 0 Å².